The van der Waals surface area contributed by atoms with Crippen molar-refractivity contribution in [2.75, 3.05) is 9.80 Å². The molecule has 11 aromatic rings. The topological polar surface area (TPSA) is 149 Å². The zero-order valence-electron chi connectivity index (χ0n) is 43.1. The normalized spacial score (nSPS) is 14.0. The molecule has 0 spiro atoms. The lowest BCUT2D eigenvalue weighted by Gasteiger charge is -2.34. The van der Waals surface area contributed by atoms with E-state index in [2.05, 4.69) is 0 Å². The number of aromatic carboxylic acids is 2. The standard InChI is InChI=1S/C66H50N2O8/c1-29(2)36-11-9-12-37(30(3)4)59(36)67-61(69)44-25-22-42-51-43(23-26-45(53(44)51)62(67)70)55-50(33-15-17-34(18-16-33)65(73)74)41-21-24-46-54-49(64(72)68(63(46)71)60-38(31(5)6)13-10-14-39(60)32(7)8)28-48-40-20-19-35(66(75)76)27-47(40)52(42)58(55)57(48)56(41)54/h9-32H,1-8H3,(H,73,74)(H,75,76). The fourth-order valence-corrected chi connectivity index (χ4v) is 13.0. The molecule has 2 N–H and O–H groups in total. The molecule has 2 heterocycles. The number of hydrogen-bond acceptors (Lipinski definition) is 6. The summed E-state index contributed by atoms with van der Waals surface area (Å²) in [5.74, 6) is -4.15. The number of anilines is 2. The highest BCUT2D eigenvalue weighted by Crippen LogP contribution is 2.56. The Morgan fingerprint density at radius 2 is 0.737 bits per heavy atom. The number of carbonyl (C=O) groups is 6. The first-order chi connectivity index (χ1) is 36.4. The number of nitrogens with zero attached hydrogens (tertiary/aromatic N) is 2. The van der Waals surface area contributed by atoms with Gasteiger partial charge in [-0.3, -0.25) is 19.2 Å². The lowest BCUT2D eigenvalue weighted by Crippen LogP contribution is -2.42. The Kier molecular flexibility index (Phi) is 9.99. The van der Waals surface area contributed by atoms with Gasteiger partial charge in [0.25, 0.3) is 23.6 Å². The van der Waals surface area contributed by atoms with Crippen molar-refractivity contribution < 1.29 is 39.0 Å². The van der Waals surface area contributed by atoms with Gasteiger partial charge in [-0.25, -0.2) is 19.4 Å². The van der Waals surface area contributed by atoms with E-state index in [0.29, 0.717) is 104 Å². The van der Waals surface area contributed by atoms with Gasteiger partial charge < -0.3 is 10.2 Å². The number of imide groups is 2. The van der Waals surface area contributed by atoms with Crippen LogP contribution in [-0.4, -0.2) is 45.8 Å². The van der Waals surface area contributed by atoms with E-state index in [0.717, 1.165) is 38.4 Å². The van der Waals surface area contributed by atoms with E-state index >= 15 is 19.2 Å². The predicted molar refractivity (Wildman–Crippen MR) is 302 cm³/mol. The van der Waals surface area contributed by atoms with Crippen molar-refractivity contribution in [1.82, 2.24) is 0 Å². The zero-order valence-corrected chi connectivity index (χ0v) is 43.1. The molecule has 0 aliphatic carbocycles. The number of carboxylic acids is 2. The SMILES string of the molecule is CC(C)c1cccc(C(C)C)c1N1C(=O)c2ccc3c4c(-c5ccc(C(=O)O)cc5)c5ccc6c7c(cc8c9ccc(C(=O)O)cc9c(c9ccc(c2c39)C1=O)c4c8c57)C(=O)N(c1c(C(C)C)cccc1C(C)C)C6=O. The van der Waals surface area contributed by atoms with Crippen LogP contribution in [0.5, 0.6) is 0 Å². The molecule has 0 radical (unpaired) electrons. The summed E-state index contributed by atoms with van der Waals surface area (Å²) in [6.45, 7) is 16.4. The average molecular weight is 999 g/mol. The summed E-state index contributed by atoms with van der Waals surface area (Å²) in [5.41, 5.74) is 7.40. The van der Waals surface area contributed by atoms with Crippen molar-refractivity contribution in [1.29, 1.82) is 0 Å². The van der Waals surface area contributed by atoms with Crippen LogP contribution in [0, 0.1) is 0 Å². The molecule has 0 aromatic heterocycles. The van der Waals surface area contributed by atoms with E-state index in [4.69, 9.17) is 0 Å². The van der Waals surface area contributed by atoms with Gasteiger partial charge >= 0.3 is 11.9 Å². The molecule has 0 atom stereocenters. The van der Waals surface area contributed by atoms with E-state index in [-0.39, 0.29) is 34.8 Å². The molecular weight excluding hydrogens is 949 g/mol. The van der Waals surface area contributed by atoms with Gasteiger partial charge in [0.15, 0.2) is 0 Å². The van der Waals surface area contributed by atoms with Gasteiger partial charge in [-0.1, -0.05) is 128 Å². The Balaban J connectivity index is 1.22. The first-order valence-corrected chi connectivity index (χ1v) is 25.9. The zero-order chi connectivity index (χ0) is 53.2. The molecule has 13 rings (SSSR count). The molecule has 0 fully saturated rings. The minimum Gasteiger partial charge on any atom is -0.478 e. The Morgan fingerprint density at radius 3 is 1.21 bits per heavy atom. The minimum absolute atomic E-state index is 0.00685. The first-order valence-electron chi connectivity index (χ1n) is 25.9. The molecule has 372 valence electrons. The van der Waals surface area contributed by atoms with Gasteiger partial charge in [-0.05, 0) is 170 Å². The van der Waals surface area contributed by atoms with Crippen LogP contribution in [0.25, 0.3) is 86.5 Å². The highest BCUT2D eigenvalue weighted by Gasteiger charge is 2.42. The maximum Gasteiger partial charge on any atom is 0.335 e. The Morgan fingerprint density at radius 1 is 0.355 bits per heavy atom. The molecule has 76 heavy (non-hydrogen) atoms. The lowest BCUT2D eigenvalue weighted by atomic mass is 9.75. The number of amides is 4. The summed E-state index contributed by atoms with van der Waals surface area (Å²) in [7, 11) is 0. The second-order valence-electron chi connectivity index (χ2n) is 21.9. The van der Waals surface area contributed by atoms with Crippen molar-refractivity contribution in [3.8, 4) is 11.1 Å². The molecule has 0 unspecified atom stereocenters. The first kappa shape index (κ1) is 46.7. The number of hydrogen-bond donors (Lipinski definition) is 2. The molecule has 2 aliphatic rings. The van der Waals surface area contributed by atoms with Crippen LogP contribution in [0.1, 0.15) is 163 Å². The van der Waals surface area contributed by atoms with Crippen LogP contribution < -0.4 is 9.80 Å². The Labute approximate surface area is 436 Å². The van der Waals surface area contributed by atoms with Crippen LogP contribution >= 0.6 is 0 Å². The number of para-hydroxylation sites is 2. The largest absolute Gasteiger partial charge is 0.478 e. The second-order valence-corrected chi connectivity index (χ2v) is 21.9. The van der Waals surface area contributed by atoms with Crippen molar-refractivity contribution >= 4 is 122 Å². The molecule has 2 aliphatic heterocycles. The van der Waals surface area contributed by atoms with Gasteiger partial charge in [0.1, 0.15) is 0 Å². The van der Waals surface area contributed by atoms with Crippen LogP contribution in [-0.2, 0) is 0 Å². The number of fused-ring (bicyclic) bond motifs is 5. The van der Waals surface area contributed by atoms with Gasteiger partial charge in [-0.15, -0.1) is 0 Å². The quantitative estimate of drug-likeness (QED) is 0.0825. The molecule has 10 heteroatoms. The Bertz CT molecular complexity index is 4430. The summed E-state index contributed by atoms with van der Waals surface area (Å²) in [6.07, 6.45) is 0. The van der Waals surface area contributed by atoms with Crippen molar-refractivity contribution in [2.24, 2.45) is 0 Å². The minimum atomic E-state index is -1.14. The number of carboxylic acid groups (broad SMARTS) is 2. The third-order valence-electron chi connectivity index (χ3n) is 16.4. The predicted octanol–water partition coefficient (Wildman–Crippen LogP) is 15.8. The summed E-state index contributed by atoms with van der Waals surface area (Å²) >= 11 is 0. The maximum absolute atomic E-state index is 15.7. The van der Waals surface area contributed by atoms with Gasteiger partial charge in [0.2, 0.25) is 0 Å². The molecule has 4 amide bonds. The van der Waals surface area contributed by atoms with Gasteiger partial charge in [-0.2, -0.15) is 0 Å². The maximum atomic E-state index is 15.7. The smallest absolute Gasteiger partial charge is 0.335 e. The molecule has 0 saturated heterocycles. The summed E-state index contributed by atoms with van der Waals surface area (Å²) in [6, 6.07) is 36.4. The van der Waals surface area contributed by atoms with E-state index in [1.54, 1.807) is 60.7 Å². The highest BCUT2D eigenvalue weighted by atomic mass is 16.4. The van der Waals surface area contributed by atoms with Crippen LogP contribution in [0.4, 0.5) is 11.4 Å². The highest BCUT2D eigenvalue weighted by molar-refractivity contribution is 6.53. The van der Waals surface area contributed by atoms with E-state index < -0.39 is 35.6 Å². The number of rotatable bonds is 9. The van der Waals surface area contributed by atoms with Gasteiger partial charge in [0.05, 0.1) is 22.5 Å². The summed E-state index contributed by atoms with van der Waals surface area (Å²) < 4.78 is 0. The Hall–Kier alpha value is -9.02. The van der Waals surface area contributed by atoms with Crippen LogP contribution in [0.3, 0.4) is 0 Å². The summed E-state index contributed by atoms with van der Waals surface area (Å²) in [4.78, 5) is 90.1. The second kappa shape index (κ2) is 16.2. The fraction of sp³-hybridized carbons (Fsp3) is 0.182. The van der Waals surface area contributed by atoms with Crippen LogP contribution in [0.15, 0.2) is 121 Å². The van der Waals surface area contributed by atoms with E-state index in [9.17, 15) is 19.8 Å². The fourth-order valence-electron chi connectivity index (χ4n) is 13.0. The average Bonchev–Trinajstić information content (AvgIpc) is 3.40. The number of carbonyl (C=O) groups excluding carboxylic acids is 4. The third-order valence-corrected chi connectivity index (χ3v) is 16.4. The summed E-state index contributed by atoms with van der Waals surface area (Å²) in [5, 5.41) is 29.9. The molecule has 0 saturated carbocycles. The molecule has 11 aromatic carbocycles. The third kappa shape index (κ3) is 6.09. The molecule has 10 nitrogen and oxygen atoms in total. The number of benzene rings is 11. The van der Waals surface area contributed by atoms with Gasteiger partial charge in [0, 0.05) is 33.0 Å². The molecule has 0 bridgehead atoms. The molecular formula is C66H50N2O8. The van der Waals surface area contributed by atoms with Crippen molar-refractivity contribution in [3.05, 3.63) is 177 Å². The van der Waals surface area contributed by atoms with Crippen molar-refractivity contribution in [3.63, 3.8) is 0 Å². The lowest BCUT2D eigenvalue weighted by molar-refractivity contribution is 0.0686. The van der Waals surface area contributed by atoms with Crippen molar-refractivity contribution in [2.45, 2.75) is 79.1 Å². The van der Waals surface area contributed by atoms with E-state index in [1.165, 1.54) is 9.80 Å². The van der Waals surface area contributed by atoms with E-state index in [1.807, 2.05) is 116 Å². The monoisotopic (exact) mass is 998 g/mol. The van der Waals surface area contributed by atoms with Crippen LogP contribution in [0.2, 0.25) is 0 Å².